The molecule has 1 aromatic heterocycles. The molecule has 0 aliphatic carbocycles. The molecule has 1 fully saturated rings. The second-order valence-corrected chi connectivity index (χ2v) is 4.47. The van der Waals surface area contributed by atoms with E-state index in [1.165, 1.54) is 31.5 Å². The zero-order valence-corrected chi connectivity index (χ0v) is 10.0. The molecule has 0 radical (unpaired) electrons. The summed E-state index contributed by atoms with van der Waals surface area (Å²) in [4.78, 5) is 6.66. The van der Waals surface area contributed by atoms with Crippen LogP contribution in [-0.4, -0.2) is 35.6 Å². The summed E-state index contributed by atoms with van der Waals surface area (Å²) in [7, 11) is 0. The van der Waals surface area contributed by atoms with Crippen LogP contribution in [0.5, 0.6) is 0 Å². The zero-order valence-electron chi connectivity index (χ0n) is 10.0. The molecule has 1 aliphatic rings. The lowest BCUT2D eigenvalue weighted by atomic mass is 10.1. The van der Waals surface area contributed by atoms with Gasteiger partial charge in [-0.3, -0.25) is 9.88 Å². The summed E-state index contributed by atoms with van der Waals surface area (Å²) in [5.41, 5.74) is 1.37. The van der Waals surface area contributed by atoms with Gasteiger partial charge in [-0.15, -0.1) is 0 Å². The molecule has 2 rings (SSSR count). The molecule has 16 heavy (non-hydrogen) atoms. The van der Waals surface area contributed by atoms with E-state index in [9.17, 15) is 0 Å². The van der Waals surface area contributed by atoms with E-state index in [1.807, 2.05) is 12.4 Å². The Balaban J connectivity index is 1.96. The number of hydrogen-bond donors (Lipinski definition) is 1. The van der Waals surface area contributed by atoms with Gasteiger partial charge in [0.25, 0.3) is 0 Å². The van der Waals surface area contributed by atoms with E-state index >= 15 is 0 Å². The van der Waals surface area contributed by atoms with Crippen molar-refractivity contribution in [3.63, 3.8) is 0 Å². The van der Waals surface area contributed by atoms with Crippen molar-refractivity contribution >= 4 is 0 Å². The van der Waals surface area contributed by atoms with E-state index in [-0.39, 0.29) is 0 Å². The SMILES string of the molecule is CCCN(Cc1ccncc1)C1CCNC1. The normalized spacial score (nSPS) is 20.5. The molecule has 88 valence electrons. The third-order valence-electron chi connectivity index (χ3n) is 3.20. The molecular weight excluding hydrogens is 198 g/mol. The summed E-state index contributed by atoms with van der Waals surface area (Å²) in [6, 6.07) is 4.95. The number of aromatic nitrogens is 1. The Labute approximate surface area is 97.9 Å². The van der Waals surface area contributed by atoms with Crippen LogP contribution in [-0.2, 0) is 6.54 Å². The summed E-state index contributed by atoms with van der Waals surface area (Å²) in [6.45, 7) is 6.81. The Kier molecular flexibility index (Phi) is 4.31. The number of pyridine rings is 1. The fourth-order valence-electron chi connectivity index (χ4n) is 2.35. The third-order valence-corrected chi connectivity index (χ3v) is 3.20. The molecule has 0 spiro atoms. The molecule has 1 unspecified atom stereocenters. The second kappa shape index (κ2) is 5.97. The van der Waals surface area contributed by atoms with Crippen LogP contribution < -0.4 is 5.32 Å². The topological polar surface area (TPSA) is 28.2 Å². The maximum absolute atomic E-state index is 4.07. The zero-order chi connectivity index (χ0) is 11.2. The highest BCUT2D eigenvalue weighted by molar-refractivity contribution is 5.09. The van der Waals surface area contributed by atoms with Crippen LogP contribution in [0.15, 0.2) is 24.5 Å². The highest BCUT2D eigenvalue weighted by Crippen LogP contribution is 2.13. The molecule has 0 bridgehead atoms. The summed E-state index contributed by atoms with van der Waals surface area (Å²) in [6.07, 6.45) is 6.27. The van der Waals surface area contributed by atoms with Gasteiger partial charge in [0.2, 0.25) is 0 Å². The first-order chi connectivity index (χ1) is 7.90. The number of nitrogens with zero attached hydrogens (tertiary/aromatic N) is 2. The van der Waals surface area contributed by atoms with E-state index in [1.54, 1.807) is 0 Å². The Hall–Kier alpha value is -0.930. The molecule has 1 N–H and O–H groups in total. The van der Waals surface area contributed by atoms with Crippen LogP contribution in [0, 0.1) is 0 Å². The van der Waals surface area contributed by atoms with Gasteiger partial charge in [-0.2, -0.15) is 0 Å². The monoisotopic (exact) mass is 219 g/mol. The number of hydrogen-bond acceptors (Lipinski definition) is 3. The van der Waals surface area contributed by atoms with Gasteiger partial charge in [-0.1, -0.05) is 6.92 Å². The van der Waals surface area contributed by atoms with Crippen molar-refractivity contribution in [1.82, 2.24) is 15.2 Å². The van der Waals surface area contributed by atoms with Crippen molar-refractivity contribution in [2.24, 2.45) is 0 Å². The van der Waals surface area contributed by atoms with Crippen LogP contribution >= 0.6 is 0 Å². The molecule has 1 atom stereocenters. The Bertz CT molecular complexity index is 293. The fourth-order valence-corrected chi connectivity index (χ4v) is 2.35. The minimum Gasteiger partial charge on any atom is -0.315 e. The molecule has 3 nitrogen and oxygen atoms in total. The van der Waals surface area contributed by atoms with Gasteiger partial charge in [0.15, 0.2) is 0 Å². The van der Waals surface area contributed by atoms with Gasteiger partial charge in [0.1, 0.15) is 0 Å². The van der Waals surface area contributed by atoms with Crippen LogP contribution in [0.25, 0.3) is 0 Å². The van der Waals surface area contributed by atoms with Crippen LogP contribution in [0.3, 0.4) is 0 Å². The Morgan fingerprint density at radius 1 is 1.44 bits per heavy atom. The fraction of sp³-hybridized carbons (Fsp3) is 0.615. The van der Waals surface area contributed by atoms with E-state index in [0.717, 1.165) is 13.1 Å². The molecule has 0 amide bonds. The predicted molar refractivity (Wildman–Crippen MR) is 66.2 cm³/mol. The maximum Gasteiger partial charge on any atom is 0.0271 e. The largest absolute Gasteiger partial charge is 0.315 e. The van der Waals surface area contributed by atoms with Crippen molar-refractivity contribution in [2.45, 2.75) is 32.4 Å². The smallest absolute Gasteiger partial charge is 0.0271 e. The average molecular weight is 219 g/mol. The van der Waals surface area contributed by atoms with Crippen molar-refractivity contribution in [1.29, 1.82) is 0 Å². The molecule has 0 aromatic carbocycles. The Morgan fingerprint density at radius 3 is 2.88 bits per heavy atom. The molecule has 1 aromatic rings. The third kappa shape index (κ3) is 3.03. The molecule has 1 saturated heterocycles. The molecular formula is C13H21N3. The van der Waals surface area contributed by atoms with E-state index < -0.39 is 0 Å². The highest BCUT2D eigenvalue weighted by Gasteiger charge is 2.21. The highest BCUT2D eigenvalue weighted by atomic mass is 15.2. The summed E-state index contributed by atoms with van der Waals surface area (Å²) >= 11 is 0. The minimum absolute atomic E-state index is 0.716. The van der Waals surface area contributed by atoms with Gasteiger partial charge in [-0.05, 0) is 43.6 Å². The average Bonchev–Trinajstić information content (AvgIpc) is 2.83. The van der Waals surface area contributed by atoms with Gasteiger partial charge in [-0.25, -0.2) is 0 Å². The van der Waals surface area contributed by atoms with Gasteiger partial charge >= 0.3 is 0 Å². The molecule has 2 heterocycles. The Morgan fingerprint density at radius 2 is 2.25 bits per heavy atom. The van der Waals surface area contributed by atoms with Crippen molar-refractivity contribution < 1.29 is 0 Å². The predicted octanol–water partition coefficient (Wildman–Crippen LogP) is 1.66. The second-order valence-electron chi connectivity index (χ2n) is 4.47. The number of rotatable bonds is 5. The van der Waals surface area contributed by atoms with Crippen molar-refractivity contribution in [3.8, 4) is 0 Å². The first kappa shape index (κ1) is 11.6. The minimum atomic E-state index is 0.716. The van der Waals surface area contributed by atoms with E-state index in [2.05, 4.69) is 34.3 Å². The summed E-state index contributed by atoms with van der Waals surface area (Å²) in [5, 5.41) is 3.44. The van der Waals surface area contributed by atoms with Gasteiger partial charge in [0.05, 0.1) is 0 Å². The van der Waals surface area contributed by atoms with Crippen molar-refractivity contribution in [3.05, 3.63) is 30.1 Å². The lowest BCUT2D eigenvalue weighted by Crippen LogP contribution is -2.36. The number of nitrogens with one attached hydrogen (secondary N) is 1. The van der Waals surface area contributed by atoms with Crippen molar-refractivity contribution in [2.75, 3.05) is 19.6 Å². The first-order valence-corrected chi connectivity index (χ1v) is 6.24. The lowest BCUT2D eigenvalue weighted by molar-refractivity contribution is 0.199. The van der Waals surface area contributed by atoms with Gasteiger partial charge < -0.3 is 5.32 Å². The van der Waals surface area contributed by atoms with Crippen LogP contribution in [0.4, 0.5) is 0 Å². The van der Waals surface area contributed by atoms with E-state index in [0.29, 0.717) is 6.04 Å². The van der Waals surface area contributed by atoms with Crippen LogP contribution in [0.1, 0.15) is 25.3 Å². The molecule has 1 aliphatic heterocycles. The quantitative estimate of drug-likeness (QED) is 0.816. The summed E-state index contributed by atoms with van der Waals surface area (Å²) in [5.74, 6) is 0. The molecule has 0 saturated carbocycles. The first-order valence-electron chi connectivity index (χ1n) is 6.24. The lowest BCUT2D eigenvalue weighted by Gasteiger charge is -2.27. The standard InChI is InChI=1S/C13H21N3/c1-2-9-16(13-5-8-15-10-13)11-12-3-6-14-7-4-12/h3-4,6-7,13,15H,2,5,8-11H2,1H3. The van der Waals surface area contributed by atoms with Crippen LogP contribution in [0.2, 0.25) is 0 Å². The van der Waals surface area contributed by atoms with Gasteiger partial charge in [0, 0.05) is 31.5 Å². The van der Waals surface area contributed by atoms with E-state index in [4.69, 9.17) is 0 Å². The molecule has 3 heteroatoms. The summed E-state index contributed by atoms with van der Waals surface area (Å²) < 4.78 is 0. The maximum atomic E-state index is 4.07.